The zero-order valence-electron chi connectivity index (χ0n) is 21.8. The van der Waals surface area contributed by atoms with Crippen molar-refractivity contribution in [1.29, 1.82) is 0 Å². The molecule has 9 heteroatoms. The lowest BCUT2D eigenvalue weighted by molar-refractivity contribution is -0.146. The summed E-state index contributed by atoms with van der Waals surface area (Å²) in [4.78, 5) is 20.7. The number of morpholine rings is 2. The summed E-state index contributed by atoms with van der Waals surface area (Å²) in [5.74, 6) is 0.652. The van der Waals surface area contributed by atoms with Crippen molar-refractivity contribution in [3.8, 4) is 17.0 Å². The summed E-state index contributed by atoms with van der Waals surface area (Å²) in [6.07, 6.45) is 3.06. The normalized spacial score (nSPS) is 24.9. The number of para-hydroxylation sites is 1. The number of ether oxygens (including phenoxy) is 2. The van der Waals surface area contributed by atoms with Crippen LogP contribution in [0.25, 0.3) is 22.3 Å². The molecular formula is C29H35N5O4. The highest BCUT2D eigenvalue weighted by Gasteiger charge is 2.42. The Kier molecular flexibility index (Phi) is 6.90. The number of aromatic amines is 1. The second-order valence-electron chi connectivity index (χ2n) is 10.7. The molecule has 3 aromatic rings. The number of carbonyl (C=O) groups excluding carboxylic acids is 1. The van der Waals surface area contributed by atoms with Crippen LogP contribution in [0.1, 0.15) is 42.9 Å². The number of piperidine rings is 1. The molecule has 3 saturated heterocycles. The van der Waals surface area contributed by atoms with Crippen LogP contribution in [0.3, 0.4) is 0 Å². The van der Waals surface area contributed by atoms with Crippen LogP contribution >= 0.6 is 0 Å². The van der Waals surface area contributed by atoms with E-state index in [-0.39, 0.29) is 35.6 Å². The Morgan fingerprint density at radius 3 is 2.63 bits per heavy atom. The zero-order valence-corrected chi connectivity index (χ0v) is 21.8. The molecule has 3 fully saturated rings. The second kappa shape index (κ2) is 10.5. The van der Waals surface area contributed by atoms with E-state index in [0.29, 0.717) is 24.5 Å². The summed E-state index contributed by atoms with van der Waals surface area (Å²) >= 11 is 0. The van der Waals surface area contributed by atoms with E-state index in [1.807, 2.05) is 17.0 Å². The largest absolute Gasteiger partial charge is 0.507 e. The second-order valence-corrected chi connectivity index (χ2v) is 10.7. The fraction of sp³-hybridized carbons (Fsp3) is 0.483. The lowest BCUT2D eigenvalue weighted by Gasteiger charge is -2.48. The number of hydrogen-bond donors (Lipinski definition) is 2. The molecule has 9 nitrogen and oxygen atoms in total. The lowest BCUT2D eigenvalue weighted by atomic mass is 9.80. The zero-order chi connectivity index (χ0) is 26.2. The average molecular weight is 518 g/mol. The number of rotatable bonds is 6. The van der Waals surface area contributed by atoms with Crippen molar-refractivity contribution < 1.29 is 19.4 Å². The summed E-state index contributed by atoms with van der Waals surface area (Å²) < 4.78 is 11.4. The number of benzene rings is 1. The summed E-state index contributed by atoms with van der Waals surface area (Å²) in [6.45, 7) is 11.4. The predicted molar refractivity (Wildman–Crippen MR) is 144 cm³/mol. The van der Waals surface area contributed by atoms with Gasteiger partial charge in [0.25, 0.3) is 0 Å². The maximum Gasteiger partial charge on any atom is 0.246 e. The van der Waals surface area contributed by atoms with Crippen LogP contribution < -0.4 is 0 Å². The molecule has 3 aliphatic heterocycles. The van der Waals surface area contributed by atoms with Gasteiger partial charge in [-0.15, -0.1) is 10.2 Å². The number of phenols is 1. The summed E-state index contributed by atoms with van der Waals surface area (Å²) in [5, 5.41) is 20.6. The van der Waals surface area contributed by atoms with Crippen molar-refractivity contribution in [2.24, 2.45) is 0 Å². The number of nitrogens with one attached hydrogen (secondary N) is 1. The van der Waals surface area contributed by atoms with Crippen molar-refractivity contribution >= 4 is 16.9 Å². The highest BCUT2D eigenvalue weighted by atomic mass is 16.5. The number of H-pyrrole nitrogens is 1. The minimum absolute atomic E-state index is 0.0162. The lowest BCUT2D eigenvalue weighted by Crippen LogP contribution is -2.58. The summed E-state index contributed by atoms with van der Waals surface area (Å²) in [6, 6.07) is 9.34. The Morgan fingerprint density at radius 2 is 1.92 bits per heavy atom. The van der Waals surface area contributed by atoms with Crippen molar-refractivity contribution in [3.63, 3.8) is 0 Å². The van der Waals surface area contributed by atoms with E-state index in [9.17, 15) is 9.90 Å². The molecule has 2 N–H and O–H groups in total. The fourth-order valence-corrected chi connectivity index (χ4v) is 6.58. The topological polar surface area (TPSA) is 104 Å². The Labute approximate surface area is 222 Å². The number of fused-ring (bicyclic) bond motifs is 3. The fourth-order valence-electron chi connectivity index (χ4n) is 6.58. The van der Waals surface area contributed by atoms with Gasteiger partial charge in [-0.05, 0) is 48.6 Å². The minimum Gasteiger partial charge on any atom is -0.507 e. The van der Waals surface area contributed by atoms with E-state index in [2.05, 4.69) is 39.7 Å². The molecule has 0 saturated carbocycles. The van der Waals surface area contributed by atoms with Gasteiger partial charge in [0, 0.05) is 42.2 Å². The molecule has 1 amide bonds. The van der Waals surface area contributed by atoms with Gasteiger partial charge in [-0.3, -0.25) is 9.69 Å². The van der Waals surface area contributed by atoms with Gasteiger partial charge in [-0.1, -0.05) is 25.6 Å². The molecule has 0 aliphatic carbocycles. The minimum atomic E-state index is -0.0162. The van der Waals surface area contributed by atoms with E-state index in [1.165, 1.54) is 17.3 Å². The van der Waals surface area contributed by atoms with E-state index >= 15 is 0 Å². The number of hydrogen-bond acceptors (Lipinski definition) is 7. The van der Waals surface area contributed by atoms with Gasteiger partial charge in [-0.2, -0.15) is 0 Å². The van der Waals surface area contributed by atoms with E-state index in [1.54, 1.807) is 12.1 Å². The standard InChI is InChI=1S/C29H35N5O4/c1-3-26(36)34-20-12-19(13-21(34)17-38-16-20)28-27(18(2)15-33-8-10-37-11-9-33)23-14-24(31-32-29(23)30-28)22-6-4-5-7-25(22)35/h3-7,14,18-21,35H,1,8-13,15-17H2,2H3,(H,30,32). The number of nitrogens with zero attached hydrogens (tertiary/aromatic N) is 4. The third-order valence-corrected chi connectivity index (χ3v) is 8.29. The van der Waals surface area contributed by atoms with Crippen LogP contribution in [0.15, 0.2) is 43.0 Å². The monoisotopic (exact) mass is 517 g/mol. The molecule has 3 atom stereocenters. The number of amides is 1. The van der Waals surface area contributed by atoms with E-state index < -0.39 is 0 Å². The Bertz CT molecular complexity index is 1320. The van der Waals surface area contributed by atoms with Gasteiger partial charge < -0.3 is 24.5 Å². The van der Waals surface area contributed by atoms with Crippen molar-refractivity contribution in [2.75, 3.05) is 46.1 Å². The van der Waals surface area contributed by atoms with Gasteiger partial charge in [-0.25, -0.2) is 0 Å². The Balaban J connectivity index is 1.41. The molecule has 5 heterocycles. The Morgan fingerprint density at radius 1 is 1.18 bits per heavy atom. The molecule has 38 heavy (non-hydrogen) atoms. The van der Waals surface area contributed by atoms with Crippen molar-refractivity contribution in [3.05, 3.63) is 54.2 Å². The third-order valence-electron chi connectivity index (χ3n) is 8.29. The third kappa shape index (κ3) is 4.59. The highest BCUT2D eigenvalue weighted by molar-refractivity contribution is 5.88. The quantitative estimate of drug-likeness (QED) is 0.483. The van der Waals surface area contributed by atoms with Gasteiger partial charge in [0.05, 0.1) is 44.2 Å². The van der Waals surface area contributed by atoms with E-state index in [0.717, 1.165) is 56.7 Å². The molecule has 3 unspecified atom stereocenters. The first-order valence-corrected chi connectivity index (χ1v) is 13.5. The van der Waals surface area contributed by atoms with Gasteiger partial charge in [0.2, 0.25) is 5.91 Å². The molecule has 0 radical (unpaired) electrons. The molecule has 1 aromatic carbocycles. The maximum absolute atomic E-state index is 12.7. The molecule has 2 aromatic heterocycles. The molecule has 2 bridgehead atoms. The van der Waals surface area contributed by atoms with Crippen LogP contribution in [0.4, 0.5) is 0 Å². The molecule has 6 rings (SSSR count). The molecule has 3 aliphatic rings. The highest BCUT2D eigenvalue weighted by Crippen LogP contribution is 2.43. The van der Waals surface area contributed by atoms with Gasteiger partial charge >= 0.3 is 0 Å². The first kappa shape index (κ1) is 25.0. The molecule has 200 valence electrons. The summed E-state index contributed by atoms with van der Waals surface area (Å²) in [5.41, 5.74) is 4.52. The molecule has 0 spiro atoms. The van der Waals surface area contributed by atoms with Crippen molar-refractivity contribution in [1.82, 2.24) is 25.0 Å². The Hall–Kier alpha value is -3.27. The SMILES string of the molecule is C=CC(=O)N1C2COCC1CC(c1[nH]c3nnc(-c4ccccc4O)cc3c1C(C)CN1CCOCC1)C2. The van der Waals surface area contributed by atoms with Crippen LogP contribution in [0.2, 0.25) is 0 Å². The number of phenolic OH excluding ortho intramolecular Hbond substituents is 1. The van der Waals surface area contributed by atoms with Crippen LogP contribution in [-0.4, -0.2) is 94.1 Å². The number of aromatic hydroxyl groups is 1. The average Bonchev–Trinajstić information content (AvgIpc) is 3.32. The van der Waals surface area contributed by atoms with Crippen molar-refractivity contribution in [2.45, 2.75) is 43.7 Å². The first-order chi connectivity index (χ1) is 18.5. The van der Waals surface area contributed by atoms with Gasteiger partial charge in [0.1, 0.15) is 5.75 Å². The van der Waals surface area contributed by atoms with Gasteiger partial charge in [0.15, 0.2) is 5.65 Å². The number of carbonyl (C=O) groups is 1. The predicted octanol–water partition coefficient (Wildman–Crippen LogP) is 3.43. The number of aromatic nitrogens is 3. The van der Waals surface area contributed by atoms with Crippen LogP contribution in [0, 0.1) is 0 Å². The summed E-state index contributed by atoms with van der Waals surface area (Å²) in [7, 11) is 0. The van der Waals surface area contributed by atoms with E-state index in [4.69, 9.17) is 9.47 Å². The maximum atomic E-state index is 12.7. The molecular weight excluding hydrogens is 482 g/mol. The smallest absolute Gasteiger partial charge is 0.246 e. The first-order valence-electron chi connectivity index (χ1n) is 13.5. The van der Waals surface area contributed by atoms with Crippen LogP contribution in [-0.2, 0) is 14.3 Å². The van der Waals surface area contributed by atoms with Crippen LogP contribution in [0.5, 0.6) is 5.75 Å².